The van der Waals surface area contributed by atoms with Crippen molar-refractivity contribution < 1.29 is 4.74 Å². The van der Waals surface area contributed by atoms with Gasteiger partial charge in [0.25, 0.3) is 0 Å². The third-order valence-electron chi connectivity index (χ3n) is 3.59. The molecule has 2 aliphatic rings. The summed E-state index contributed by atoms with van der Waals surface area (Å²) < 4.78 is 8.21. The van der Waals surface area contributed by atoms with Gasteiger partial charge in [-0.2, -0.15) is 0 Å². The zero-order valence-electron chi connectivity index (χ0n) is 12.4. The van der Waals surface area contributed by atoms with E-state index in [4.69, 9.17) is 4.74 Å². The first-order valence-corrected chi connectivity index (χ1v) is 17.0. The monoisotopic (exact) mass is 356 g/mol. The molecule has 0 spiro atoms. The SMILES string of the molecule is CN1CCN(C)B1/C=C1\COC\C1=[CH]\[Sn]([CH3])([CH3])[CH3]. The average molecular weight is 355 g/mol. The summed E-state index contributed by atoms with van der Waals surface area (Å²) in [7, 11) is 4.40. The Balaban J connectivity index is 2.19. The quantitative estimate of drug-likeness (QED) is 0.701. The van der Waals surface area contributed by atoms with Crippen LogP contribution in [0, 0.1) is 0 Å². The van der Waals surface area contributed by atoms with Crippen LogP contribution in [0.5, 0.6) is 0 Å². The number of hydrogen-bond acceptors (Lipinski definition) is 3. The molecule has 0 aromatic carbocycles. The fourth-order valence-electron chi connectivity index (χ4n) is 2.62. The molecule has 2 rings (SSSR count). The van der Waals surface area contributed by atoms with E-state index in [1.54, 1.807) is 0 Å². The molecule has 0 amide bonds. The van der Waals surface area contributed by atoms with Crippen LogP contribution in [-0.4, -0.2) is 75.4 Å². The van der Waals surface area contributed by atoms with Gasteiger partial charge in [0.1, 0.15) is 0 Å². The number of rotatable bonds is 2. The summed E-state index contributed by atoms with van der Waals surface area (Å²) in [5.41, 5.74) is 2.89. The molecule has 2 fully saturated rings. The third kappa shape index (κ3) is 3.62. The minimum atomic E-state index is -1.87. The topological polar surface area (TPSA) is 15.7 Å². The molecule has 0 N–H and O–H groups in total. The molecule has 0 saturated carbocycles. The molecule has 5 heteroatoms. The number of ether oxygens (including phenoxy) is 1. The van der Waals surface area contributed by atoms with Crippen molar-refractivity contribution in [2.75, 3.05) is 40.4 Å². The molecule has 18 heavy (non-hydrogen) atoms. The Morgan fingerprint density at radius 1 is 1.06 bits per heavy atom. The average Bonchev–Trinajstić information content (AvgIpc) is 2.78. The predicted octanol–water partition coefficient (Wildman–Crippen LogP) is 1.65. The fraction of sp³-hybridized carbons (Fsp3) is 0.692. The zero-order valence-corrected chi connectivity index (χ0v) is 15.2. The second-order valence-electron chi connectivity index (χ2n) is 6.60. The molecule has 2 aliphatic heterocycles. The molecule has 0 unspecified atom stereocenters. The Morgan fingerprint density at radius 3 is 2.17 bits per heavy atom. The molecular weight excluding hydrogens is 330 g/mol. The molecule has 0 aromatic rings. The number of likely N-dealkylation sites (N-methyl/N-ethyl adjacent to an activating group) is 2. The van der Waals surface area contributed by atoms with Gasteiger partial charge in [-0.3, -0.25) is 0 Å². The molecule has 0 radical (unpaired) electrons. The van der Waals surface area contributed by atoms with Gasteiger partial charge in [0.15, 0.2) is 0 Å². The van der Waals surface area contributed by atoms with Crippen LogP contribution in [0.3, 0.4) is 0 Å². The van der Waals surface area contributed by atoms with E-state index in [-0.39, 0.29) is 0 Å². The minimum absolute atomic E-state index is 0.445. The Labute approximate surface area is 116 Å². The second-order valence-corrected chi connectivity index (χ2v) is 20.9. The van der Waals surface area contributed by atoms with Crippen LogP contribution in [0.4, 0.5) is 0 Å². The van der Waals surface area contributed by atoms with E-state index >= 15 is 0 Å². The molecule has 0 atom stereocenters. The molecule has 2 saturated heterocycles. The van der Waals surface area contributed by atoms with Gasteiger partial charge in [0.05, 0.1) is 0 Å². The third-order valence-corrected chi connectivity index (χ3v) is 7.06. The normalized spacial score (nSPS) is 27.9. The van der Waals surface area contributed by atoms with Crippen molar-refractivity contribution in [2.45, 2.75) is 14.8 Å². The van der Waals surface area contributed by atoms with Gasteiger partial charge in [-0.25, -0.2) is 0 Å². The van der Waals surface area contributed by atoms with E-state index in [1.807, 2.05) is 0 Å². The van der Waals surface area contributed by atoms with Crippen molar-refractivity contribution in [1.82, 2.24) is 9.62 Å². The standard InChI is InChI=1S/C10H16BN2O.3CH3.Sn/c1-9-7-14-8-10(9)6-11-12(2)4-5-13(11)3;;;;/h1,6H,4-5,7-8H2,2-3H3;3*1H3;/b9-1?,10-6+;;;;. The molecule has 100 valence electrons. The fourth-order valence-corrected chi connectivity index (χ4v) is 6.37. The molecule has 0 aliphatic carbocycles. The van der Waals surface area contributed by atoms with Crippen LogP contribution >= 0.6 is 0 Å². The number of hydrogen-bond donors (Lipinski definition) is 0. The van der Waals surface area contributed by atoms with Crippen LogP contribution in [0.1, 0.15) is 0 Å². The molecule has 0 aromatic heterocycles. The Kier molecular flexibility index (Phi) is 4.63. The van der Waals surface area contributed by atoms with Crippen molar-refractivity contribution in [3.05, 3.63) is 21.2 Å². The van der Waals surface area contributed by atoms with E-state index in [0.29, 0.717) is 6.98 Å². The second kappa shape index (κ2) is 5.69. The van der Waals surface area contributed by atoms with Gasteiger partial charge >= 0.3 is 116 Å². The Bertz CT molecular complexity index is 366. The van der Waals surface area contributed by atoms with E-state index in [9.17, 15) is 0 Å². The summed E-state index contributed by atoms with van der Waals surface area (Å²) >= 11 is -1.87. The molecule has 0 bridgehead atoms. The van der Waals surface area contributed by atoms with Gasteiger partial charge < -0.3 is 0 Å². The van der Waals surface area contributed by atoms with Gasteiger partial charge in [-0.05, 0) is 0 Å². The van der Waals surface area contributed by atoms with Crippen LogP contribution in [0.2, 0.25) is 14.8 Å². The van der Waals surface area contributed by atoms with Crippen LogP contribution in [-0.2, 0) is 4.74 Å². The number of nitrogens with zero attached hydrogens (tertiary/aromatic N) is 2. The maximum atomic E-state index is 5.66. The van der Waals surface area contributed by atoms with Crippen molar-refractivity contribution in [3.8, 4) is 0 Å². The first kappa shape index (κ1) is 14.6. The molecular formula is C13H25BN2OSn. The zero-order chi connectivity index (χ0) is 13.3. The summed E-state index contributed by atoms with van der Waals surface area (Å²) in [6, 6.07) is 0. The molecule has 2 heterocycles. The summed E-state index contributed by atoms with van der Waals surface area (Å²) in [6.07, 6.45) is 0. The van der Waals surface area contributed by atoms with Crippen LogP contribution < -0.4 is 0 Å². The van der Waals surface area contributed by atoms with E-state index in [0.717, 1.165) is 26.3 Å². The summed E-state index contributed by atoms with van der Waals surface area (Å²) in [5.74, 6) is 2.41. The van der Waals surface area contributed by atoms with Crippen molar-refractivity contribution in [2.24, 2.45) is 0 Å². The summed E-state index contributed by atoms with van der Waals surface area (Å²) in [4.78, 5) is 12.2. The maximum absolute atomic E-state index is 5.66. The van der Waals surface area contributed by atoms with Crippen molar-refractivity contribution in [1.29, 1.82) is 0 Å². The van der Waals surface area contributed by atoms with Gasteiger partial charge in [0.2, 0.25) is 0 Å². The summed E-state index contributed by atoms with van der Waals surface area (Å²) in [6.45, 7) is 4.37. The van der Waals surface area contributed by atoms with Gasteiger partial charge in [-0.1, -0.05) is 0 Å². The van der Waals surface area contributed by atoms with Gasteiger partial charge in [-0.15, -0.1) is 0 Å². The summed E-state index contributed by atoms with van der Waals surface area (Å²) in [5, 5.41) is 0. The Hall–Kier alpha value is 0.224. The van der Waals surface area contributed by atoms with Gasteiger partial charge in [0, 0.05) is 0 Å². The van der Waals surface area contributed by atoms with E-state index < -0.39 is 18.4 Å². The van der Waals surface area contributed by atoms with E-state index in [1.165, 1.54) is 11.1 Å². The predicted molar refractivity (Wildman–Crippen MR) is 81.3 cm³/mol. The van der Waals surface area contributed by atoms with Crippen molar-refractivity contribution in [3.63, 3.8) is 0 Å². The van der Waals surface area contributed by atoms with Crippen LogP contribution in [0.15, 0.2) is 21.2 Å². The van der Waals surface area contributed by atoms with Crippen molar-refractivity contribution >= 4 is 25.4 Å². The molecule has 3 nitrogen and oxygen atoms in total. The first-order valence-electron chi connectivity index (χ1n) is 6.78. The van der Waals surface area contributed by atoms with Crippen LogP contribution in [0.25, 0.3) is 0 Å². The van der Waals surface area contributed by atoms with E-state index in [2.05, 4.69) is 48.6 Å². The Morgan fingerprint density at radius 2 is 1.61 bits per heavy atom. The first-order chi connectivity index (χ1) is 8.37.